The van der Waals surface area contributed by atoms with E-state index in [0.717, 1.165) is 53.4 Å². The van der Waals surface area contributed by atoms with Crippen molar-refractivity contribution < 1.29 is 4.42 Å². The number of benzene rings is 6. The van der Waals surface area contributed by atoms with Gasteiger partial charge in [0.15, 0.2) is 0 Å². The number of anilines is 9. The topological polar surface area (TPSA) is 22.9 Å². The maximum absolute atomic E-state index is 7.65. The molecule has 11 rings (SSSR count). The van der Waals surface area contributed by atoms with Gasteiger partial charge >= 0.3 is 0 Å². The second-order valence-electron chi connectivity index (χ2n) is 23.1. The molecule has 0 atom stereocenters. The van der Waals surface area contributed by atoms with Crippen molar-refractivity contribution in [3.63, 3.8) is 0 Å². The van der Waals surface area contributed by atoms with Crippen LogP contribution < -0.4 is 31.3 Å². The van der Waals surface area contributed by atoms with Gasteiger partial charge in [0.2, 0.25) is 0 Å². The van der Waals surface area contributed by atoms with Crippen LogP contribution in [0.4, 0.5) is 51.2 Å². The molecule has 0 amide bonds. The van der Waals surface area contributed by atoms with Crippen molar-refractivity contribution in [1.29, 1.82) is 0 Å². The molecule has 4 nitrogen and oxygen atoms in total. The molecule has 2 aliphatic carbocycles. The van der Waals surface area contributed by atoms with Crippen LogP contribution in [0.2, 0.25) is 0 Å². The highest BCUT2D eigenvalue weighted by atomic mass is 16.3. The molecule has 0 bridgehead atoms. The first-order valence-electron chi connectivity index (χ1n) is 24.1. The number of hydrogen-bond donors (Lipinski definition) is 0. The highest BCUT2D eigenvalue weighted by molar-refractivity contribution is 6.99. The Bertz CT molecular complexity index is 2990. The van der Waals surface area contributed by atoms with Gasteiger partial charge in [-0.3, -0.25) is 0 Å². The van der Waals surface area contributed by atoms with Gasteiger partial charge in [0.05, 0.1) is 17.0 Å². The molecule has 0 unspecified atom stereocenters. The van der Waals surface area contributed by atoms with Gasteiger partial charge < -0.3 is 19.1 Å². The van der Waals surface area contributed by atoms with Gasteiger partial charge in [-0.1, -0.05) is 149 Å². The molecule has 3 heterocycles. The number of hydrogen-bond acceptors (Lipinski definition) is 4. The summed E-state index contributed by atoms with van der Waals surface area (Å²) < 4.78 is 7.65. The van der Waals surface area contributed by atoms with E-state index in [9.17, 15) is 0 Å². The molecule has 0 saturated heterocycles. The average molecular weight is 854 g/mol. The Hall–Kier alpha value is -5.94. The molecule has 5 heteroatoms. The van der Waals surface area contributed by atoms with Crippen molar-refractivity contribution in [3.8, 4) is 0 Å². The molecule has 7 aromatic rings. The lowest BCUT2D eigenvalue weighted by atomic mass is 9.35. The monoisotopic (exact) mass is 854 g/mol. The first-order valence-corrected chi connectivity index (χ1v) is 24.1. The fourth-order valence-corrected chi connectivity index (χ4v) is 11.8. The molecule has 6 aromatic carbocycles. The quantitative estimate of drug-likeness (QED) is 0.161. The second-order valence-corrected chi connectivity index (χ2v) is 23.1. The lowest BCUT2D eigenvalue weighted by Gasteiger charge is -2.46. The SMILES string of the molecule is CC(C)(C)c1ccc(N(c2ccccc2)c2cc3c4c(c2)N(c2ccc5c(c2)C(C)(C)CCC5(C)C)c2c(oc5c2C(C)(C)CCC5(C)C)B4c2ccccc2N3c2ccccc2)cc1. The van der Waals surface area contributed by atoms with E-state index in [1.54, 1.807) is 0 Å². The van der Waals surface area contributed by atoms with Gasteiger partial charge in [-0.05, 0) is 142 Å². The van der Waals surface area contributed by atoms with Crippen LogP contribution in [0.5, 0.6) is 0 Å². The summed E-state index contributed by atoms with van der Waals surface area (Å²) in [6, 6.07) is 52.6. The van der Waals surface area contributed by atoms with Crippen molar-refractivity contribution in [2.75, 3.05) is 14.7 Å². The molecule has 2 aliphatic heterocycles. The van der Waals surface area contributed by atoms with E-state index in [1.807, 2.05) is 0 Å². The Balaban J connectivity index is 1.28. The maximum atomic E-state index is 7.65. The lowest BCUT2D eigenvalue weighted by molar-refractivity contribution is 0.282. The van der Waals surface area contributed by atoms with Gasteiger partial charge in [-0.2, -0.15) is 0 Å². The maximum Gasteiger partial charge on any atom is 0.297 e. The summed E-state index contributed by atoms with van der Waals surface area (Å²) in [5, 5.41) is 0. The van der Waals surface area contributed by atoms with Gasteiger partial charge in [0, 0.05) is 50.8 Å². The van der Waals surface area contributed by atoms with Crippen LogP contribution in [0, 0.1) is 0 Å². The van der Waals surface area contributed by atoms with Crippen LogP contribution in [0.3, 0.4) is 0 Å². The largest absolute Gasteiger partial charge is 0.472 e. The fraction of sp³-hybridized carbons (Fsp3) is 0.333. The molecule has 0 spiro atoms. The van der Waals surface area contributed by atoms with Crippen LogP contribution in [0.15, 0.2) is 144 Å². The van der Waals surface area contributed by atoms with E-state index in [4.69, 9.17) is 4.42 Å². The van der Waals surface area contributed by atoms with Crippen molar-refractivity contribution in [2.24, 2.45) is 0 Å². The Morgan fingerprint density at radius 3 is 1.75 bits per heavy atom. The van der Waals surface area contributed by atoms with E-state index < -0.39 is 0 Å². The van der Waals surface area contributed by atoms with E-state index in [1.165, 1.54) is 68.0 Å². The molecule has 0 saturated carbocycles. The number of nitrogens with zero attached hydrogens (tertiary/aromatic N) is 3. The molecule has 0 fully saturated rings. The summed E-state index contributed by atoms with van der Waals surface area (Å²) in [4.78, 5) is 7.63. The fourth-order valence-electron chi connectivity index (χ4n) is 11.8. The Labute approximate surface area is 388 Å². The smallest absolute Gasteiger partial charge is 0.297 e. The Kier molecular flexibility index (Phi) is 9.17. The predicted molar refractivity (Wildman–Crippen MR) is 277 cm³/mol. The van der Waals surface area contributed by atoms with E-state index >= 15 is 0 Å². The number of rotatable bonds is 5. The zero-order chi connectivity index (χ0) is 45.4. The van der Waals surface area contributed by atoms with Crippen molar-refractivity contribution in [2.45, 2.75) is 129 Å². The molecule has 4 aliphatic rings. The molecule has 0 radical (unpaired) electrons. The summed E-state index contributed by atoms with van der Waals surface area (Å²) in [6.45, 7) is 26.2. The van der Waals surface area contributed by atoms with Crippen molar-refractivity contribution in [1.82, 2.24) is 0 Å². The number of fused-ring (bicyclic) bond motifs is 7. The standard InChI is InChI=1S/C60H64BN3O/c1-56(2,3)39-26-28-42(29-27-39)62(40-20-14-12-15-21-40)44-37-49-52-50(38-44)64(43-30-31-45-46(36-43)58(6,7)33-32-57(45,4)5)53-51-54(60(10,11)35-34-59(51,8)9)65-55(53)61(52)47-24-18-19-25-48(47)63(49)41-22-16-13-17-23-41/h12-31,36-38H,32-35H2,1-11H3. The zero-order valence-corrected chi connectivity index (χ0v) is 40.4. The van der Waals surface area contributed by atoms with Crippen molar-refractivity contribution >= 4 is 74.5 Å². The predicted octanol–water partition coefficient (Wildman–Crippen LogP) is 14.8. The third-order valence-corrected chi connectivity index (χ3v) is 15.8. The van der Waals surface area contributed by atoms with Gasteiger partial charge in [-0.25, -0.2) is 0 Å². The van der Waals surface area contributed by atoms with E-state index in [2.05, 4.69) is 230 Å². The minimum Gasteiger partial charge on any atom is -0.472 e. The summed E-state index contributed by atoms with van der Waals surface area (Å²) in [6.07, 6.45) is 4.50. The van der Waals surface area contributed by atoms with Gasteiger partial charge in [-0.15, -0.1) is 0 Å². The molecule has 1 aromatic heterocycles. The minimum absolute atomic E-state index is 0.0345. The van der Waals surface area contributed by atoms with E-state index in [-0.39, 0.29) is 33.8 Å². The number of furan rings is 1. The molecular weight excluding hydrogens is 789 g/mol. The summed E-state index contributed by atoms with van der Waals surface area (Å²) in [5.74, 6) is 1.14. The molecule has 0 N–H and O–H groups in total. The van der Waals surface area contributed by atoms with Crippen LogP contribution in [-0.4, -0.2) is 6.71 Å². The summed E-state index contributed by atoms with van der Waals surface area (Å²) >= 11 is 0. The Morgan fingerprint density at radius 1 is 0.508 bits per heavy atom. The van der Waals surface area contributed by atoms with Gasteiger partial charge in [0.1, 0.15) is 5.76 Å². The number of para-hydroxylation sites is 3. The van der Waals surface area contributed by atoms with Crippen LogP contribution in [0.25, 0.3) is 0 Å². The first-order chi connectivity index (χ1) is 30.9. The molecule has 328 valence electrons. The third kappa shape index (κ3) is 6.46. The third-order valence-electron chi connectivity index (χ3n) is 15.8. The minimum atomic E-state index is -0.122. The van der Waals surface area contributed by atoms with Gasteiger partial charge in [0.25, 0.3) is 6.71 Å². The summed E-state index contributed by atoms with van der Waals surface area (Å²) in [7, 11) is 0. The van der Waals surface area contributed by atoms with Crippen LogP contribution in [-0.2, 0) is 27.1 Å². The molecular formula is C60H64BN3O. The highest BCUT2D eigenvalue weighted by Gasteiger charge is 2.53. The Morgan fingerprint density at radius 2 is 1.08 bits per heavy atom. The average Bonchev–Trinajstić information content (AvgIpc) is 3.70. The summed E-state index contributed by atoms with van der Waals surface area (Å²) in [5.41, 5.74) is 19.6. The van der Waals surface area contributed by atoms with Crippen LogP contribution >= 0.6 is 0 Å². The molecule has 65 heavy (non-hydrogen) atoms. The van der Waals surface area contributed by atoms with E-state index in [0.29, 0.717) is 0 Å². The highest BCUT2D eigenvalue weighted by Crippen LogP contribution is 2.56. The lowest BCUT2D eigenvalue weighted by Crippen LogP contribution is -2.61. The second kappa shape index (κ2) is 14.3. The normalized spacial score (nSPS) is 18.2. The van der Waals surface area contributed by atoms with Crippen molar-refractivity contribution in [3.05, 3.63) is 168 Å². The zero-order valence-electron chi connectivity index (χ0n) is 40.4. The first kappa shape index (κ1) is 41.7. The van der Waals surface area contributed by atoms with Crippen LogP contribution in [0.1, 0.15) is 130 Å².